The number of benzene rings is 1. The molecule has 5 nitrogen and oxygen atoms in total. The summed E-state index contributed by atoms with van der Waals surface area (Å²) in [4.78, 5) is 23.0. The number of ether oxygens (including phenoxy) is 1. The third-order valence-corrected chi connectivity index (χ3v) is 4.85. The zero-order valence-corrected chi connectivity index (χ0v) is 14.1. The highest BCUT2D eigenvalue weighted by molar-refractivity contribution is 5.95. The smallest absolute Gasteiger partial charge is 0.341 e. The molecule has 0 spiro atoms. The van der Waals surface area contributed by atoms with Crippen LogP contribution >= 0.6 is 0 Å². The third-order valence-electron chi connectivity index (χ3n) is 4.85. The fraction of sp³-hybridized carbons (Fsp3) is 0.556. The van der Waals surface area contributed by atoms with Crippen LogP contribution in [0.15, 0.2) is 12.1 Å². The van der Waals surface area contributed by atoms with Gasteiger partial charge in [0.25, 0.3) is 5.91 Å². The molecule has 2 N–H and O–H groups in total. The van der Waals surface area contributed by atoms with Gasteiger partial charge in [-0.25, -0.2) is 4.79 Å². The van der Waals surface area contributed by atoms with E-state index in [-0.39, 0.29) is 17.9 Å². The van der Waals surface area contributed by atoms with E-state index in [1.54, 1.807) is 12.1 Å². The molecule has 0 atom stereocenters. The maximum Gasteiger partial charge on any atom is 0.341 e. The van der Waals surface area contributed by atoms with Crippen molar-refractivity contribution in [3.05, 3.63) is 28.8 Å². The molecule has 0 radical (unpaired) electrons. The zero-order valence-electron chi connectivity index (χ0n) is 14.1. The van der Waals surface area contributed by atoms with Crippen LogP contribution in [0, 0.1) is 19.3 Å². The SMILES string of the molecule is CCC1(CNC(=O)c2cc(C)c(OCC(=O)O)c(C)c2)CCC1. The van der Waals surface area contributed by atoms with Crippen LogP contribution in [0.25, 0.3) is 0 Å². The first-order chi connectivity index (χ1) is 10.9. The summed E-state index contributed by atoms with van der Waals surface area (Å²) in [6, 6.07) is 3.50. The Labute approximate surface area is 137 Å². The standard InChI is InChI=1S/C18H25NO4/c1-4-18(6-5-7-18)11-19-17(22)14-8-12(2)16(13(3)9-14)23-10-15(20)21/h8-9H,4-7,10-11H2,1-3H3,(H,19,22)(H,20,21). The molecule has 1 fully saturated rings. The number of aryl methyl sites for hydroxylation is 2. The number of aliphatic carboxylic acids is 1. The van der Waals surface area contributed by atoms with Gasteiger partial charge in [0.1, 0.15) is 5.75 Å². The Morgan fingerprint density at radius 3 is 2.30 bits per heavy atom. The summed E-state index contributed by atoms with van der Waals surface area (Å²) < 4.78 is 5.29. The lowest BCUT2D eigenvalue weighted by Crippen LogP contribution is -2.41. The number of amides is 1. The normalized spacial score (nSPS) is 15.6. The van der Waals surface area contributed by atoms with Crippen LogP contribution in [-0.2, 0) is 4.79 Å². The van der Waals surface area contributed by atoms with Crippen LogP contribution in [-0.4, -0.2) is 30.1 Å². The highest BCUT2D eigenvalue weighted by Gasteiger charge is 2.35. The second kappa shape index (κ2) is 7.02. The van der Waals surface area contributed by atoms with Crippen LogP contribution in [0.3, 0.4) is 0 Å². The molecule has 1 saturated carbocycles. The van der Waals surface area contributed by atoms with Gasteiger partial charge in [0.15, 0.2) is 6.61 Å². The highest BCUT2D eigenvalue weighted by atomic mass is 16.5. The van der Waals surface area contributed by atoms with Crippen molar-refractivity contribution >= 4 is 11.9 Å². The van der Waals surface area contributed by atoms with E-state index in [9.17, 15) is 9.59 Å². The second-order valence-corrected chi connectivity index (χ2v) is 6.51. The quantitative estimate of drug-likeness (QED) is 0.810. The first-order valence-corrected chi connectivity index (χ1v) is 8.11. The molecule has 0 aromatic heterocycles. The van der Waals surface area contributed by atoms with E-state index in [1.165, 1.54) is 19.3 Å². The van der Waals surface area contributed by atoms with E-state index in [2.05, 4.69) is 12.2 Å². The minimum atomic E-state index is -1.02. The summed E-state index contributed by atoms with van der Waals surface area (Å²) in [5.74, 6) is -0.565. The van der Waals surface area contributed by atoms with Gasteiger partial charge in [-0.15, -0.1) is 0 Å². The number of carbonyl (C=O) groups excluding carboxylic acids is 1. The average Bonchev–Trinajstić information content (AvgIpc) is 2.45. The van der Waals surface area contributed by atoms with Crippen molar-refractivity contribution in [3.8, 4) is 5.75 Å². The molecule has 0 unspecified atom stereocenters. The number of carboxylic acids is 1. The van der Waals surface area contributed by atoms with Gasteiger partial charge in [-0.05, 0) is 61.8 Å². The fourth-order valence-corrected chi connectivity index (χ4v) is 3.14. The first-order valence-electron chi connectivity index (χ1n) is 8.11. The van der Waals surface area contributed by atoms with Gasteiger partial charge < -0.3 is 15.2 Å². The Kier molecular flexibility index (Phi) is 5.29. The third kappa shape index (κ3) is 4.03. The Morgan fingerprint density at radius 2 is 1.87 bits per heavy atom. The molecule has 126 valence electrons. The van der Waals surface area contributed by atoms with E-state index >= 15 is 0 Å². The lowest BCUT2D eigenvalue weighted by molar-refractivity contribution is -0.139. The van der Waals surface area contributed by atoms with Crippen LogP contribution < -0.4 is 10.1 Å². The minimum Gasteiger partial charge on any atom is -0.481 e. The summed E-state index contributed by atoms with van der Waals surface area (Å²) in [6.45, 7) is 6.15. The van der Waals surface area contributed by atoms with E-state index < -0.39 is 5.97 Å². The maximum absolute atomic E-state index is 12.4. The average molecular weight is 319 g/mol. The molecule has 5 heteroatoms. The predicted octanol–water partition coefficient (Wildman–Crippen LogP) is 3.08. The Hall–Kier alpha value is -2.04. The van der Waals surface area contributed by atoms with Gasteiger partial charge in [-0.2, -0.15) is 0 Å². The molecule has 1 amide bonds. The summed E-state index contributed by atoms with van der Waals surface area (Å²) >= 11 is 0. The predicted molar refractivity (Wildman–Crippen MR) is 88.0 cm³/mol. The number of carboxylic acid groups (broad SMARTS) is 1. The lowest BCUT2D eigenvalue weighted by Gasteiger charge is -2.41. The molecular weight excluding hydrogens is 294 g/mol. The van der Waals surface area contributed by atoms with Gasteiger partial charge in [0.05, 0.1) is 0 Å². The van der Waals surface area contributed by atoms with E-state index in [1.807, 2.05) is 13.8 Å². The number of nitrogens with one attached hydrogen (secondary N) is 1. The van der Waals surface area contributed by atoms with Gasteiger partial charge in [0.2, 0.25) is 0 Å². The van der Waals surface area contributed by atoms with E-state index in [0.717, 1.165) is 24.1 Å². The Balaban J connectivity index is 2.04. The van der Waals surface area contributed by atoms with Crippen molar-refractivity contribution in [2.45, 2.75) is 46.5 Å². The molecule has 1 aliphatic rings. The van der Waals surface area contributed by atoms with Crippen LogP contribution in [0.4, 0.5) is 0 Å². The van der Waals surface area contributed by atoms with Gasteiger partial charge in [-0.1, -0.05) is 13.3 Å². The van der Waals surface area contributed by atoms with Gasteiger partial charge in [-0.3, -0.25) is 4.79 Å². The summed E-state index contributed by atoms with van der Waals surface area (Å²) in [7, 11) is 0. The molecular formula is C18H25NO4. The molecule has 0 aliphatic heterocycles. The Morgan fingerprint density at radius 1 is 1.26 bits per heavy atom. The van der Waals surface area contributed by atoms with Crippen molar-refractivity contribution in [2.24, 2.45) is 5.41 Å². The van der Waals surface area contributed by atoms with Crippen LogP contribution in [0.1, 0.15) is 54.1 Å². The van der Waals surface area contributed by atoms with E-state index in [0.29, 0.717) is 11.3 Å². The van der Waals surface area contributed by atoms with Crippen molar-refractivity contribution in [1.82, 2.24) is 5.32 Å². The minimum absolute atomic E-state index is 0.0827. The first kappa shape index (κ1) is 17.3. The van der Waals surface area contributed by atoms with Crippen molar-refractivity contribution in [3.63, 3.8) is 0 Å². The number of carbonyl (C=O) groups is 2. The molecule has 2 rings (SSSR count). The zero-order chi connectivity index (χ0) is 17.0. The van der Waals surface area contributed by atoms with Crippen molar-refractivity contribution in [2.75, 3.05) is 13.2 Å². The molecule has 0 saturated heterocycles. The fourth-order valence-electron chi connectivity index (χ4n) is 3.14. The second-order valence-electron chi connectivity index (χ2n) is 6.51. The van der Waals surface area contributed by atoms with Crippen molar-refractivity contribution < 1.29 is 19.4 Å². The molecule has 0 bridgehead atoms. The van der Waals surface area contributed by atoms with Gasteiger partial charge in [0, 0.05) is 12.1 Å². The summed E-state index contributed by atoms with van der Waals surface area (Å²) in [5, 5.41) is 11.8. The van der Waals surface area contributed by atoms with E-state index in [4.69, 9.17) is 9.84 Å². The monoisotopic (exact) mass is 319 g/mol. The summed E-state index contributed by atoms with van der Waals surface area (Å²) in [6.07, 6.45) is 4.71. The Bertz CT molecular complexity index is 577. The number of hydrogen-bond donors (Lipinski definition) is 2. The molecule has 23 heavy (non-hydrogen) atoms. The van der Waals surface area contributed by atoms with Gasteiger partial charge >= 0.3 is 5.97 Å². The largest absolute Gasteiger partial charge is 0.481 e. The van der Waals surface area contributed by atoms with Crippen molar-refractivity contribution in [1.29, 1.82) is 0 Å². The molecule has 1 aromatic carbocycles. The lowest BCUT2D eigenvalue weighted by atomic mass is 9.67. The summed E-state index contributed by atoms with van der Waals surface area (Å²) in [5.41, 5.74) is 2.41. The van der Waals surface area contributed by atoms with Crippen LogP contribution in [0.2, 0.25) is 0 Å². The molecule has 1 aliphatic carbocycles. The number of hydrogen-bond acceptors (Lipinski definition) is 3. The number of rotatable bonds is 7. The molecule has 0 heterocycles. The molecule has 1 aromatic rings. The maximum atomic E-state index is 12.4. The topological polar surface area (TPSA) is 75.6 Å². The highest BCUT2D eigenvalue weighted by Crippen LogP contribution is 2.43. The van der Waals surface area contributed by atoms with Crippen LogP contribution in [0.5, 0.6) is 5.75 Å².